The molecule has 1 aliphatic heterocycles. The van der Waals surface area contributed by atoms with E-state index in [0.29, 0.717) is 48.4 Å². The van der Waals surface area contributed by atoms with Gasteiger partial charge in [-0.15, -0.1) is 5.10 Å². The van der Waals surface area contributed by atoms with Gasteiger partial charge >= 0.3 is 5.97 Å². The number of carbonyl (C=O) groups excluding carboxylic acids is 1. The van der Waals surface area contributed by atoms with Gasteiger partial charge in [-0.3, -0.25) is 9.69 Å². The van der Waals surface area contributed by atoms with E-state index in [9.17, 15) is 14.7 Å². The van der Waals surface area contributed by atoms with Crippen molar-refractivity contribution >= 4 is 29.3 Å². The first kappa shape index (κ1) is 26.4. The summed E-state index contributed by atoms with van der Waals surface area (Å²) in [4.78, 5) is 28.0. The standard InChI is InChI=1S/C28H33ClN4O5/c1-16-4-6-19(7-5-16)27(34)33(20-10-12-37-13-11-20)26-23(28(35)36)15-32(30-26)21-8-9-22(24(29)14-21)25-17(2)31-38-18(25)3/h8-9,14-16,19-20H,4-7,10-13H2,1-3H3,(H,35,36)/t16-,19-. The predicted molar refractivity (Wildman–Crippen MR) is 143 cm³/mol. The number of carboxylic acid groups (broad SMARTS) is 1. The van der Waals surface area contributed by atoms with E-state index < -0.39 is 5.97 Å². The number of rotatable bonds is 6. The molecule has 9 nitrogen and oxygen atoms in total. The maximum Gasteiger partial charge on any atom is 0.341 e. The van der Waals surface area contributed by atoms with Crippen molar-refractivity contribution in [3.05, 3.63) is 46.4 Å². The van der Waals surface area contributed by atoms with E-state index in [1.165, 1.54) is 10.9 Å². The molecule has 10 heteroatoms. The van der Waals surface area contributed by atoms with Crippen molar-refractivity contribution in [2.24, 2.45) is 11.8 Å². The number of aromatic nitrogens is 3. The molecule has 2 aliphatic rings. The highest BCUT2D eigenvalue weighted by Gasteiger charge is 2.37. The molecule has 0 atom stereocenters. The summed E-state index contributed by atoms with van der Waals surface area (Å²) in [6, 6.07) is 5.23. The first-order chi connectivity index (χ1) is 18.2. The number of halogens is 1. The molecular weight excluding hydrogens is 508 g/mol. The number of nitrogens with zero attached hydrogens (tertiary/aromatic N) is 4. The maximum atomic E-state index is 13.9. The minimum Gasteiger partial charge on any atom is -0.477 e. The fourth-order valence-corrected chi connectivity index (χ4v) is 5.92. The van der Waals surface area contributed by atoms with Crippen LogP contribution in [0.15, 0.2) is 28.9 Å². The van der Waals surface area contributed by atoms with Gasteiger partial charge in [-0.1, -0.05) is 29.7 Å². The molecule has 1 N–H and O–H groups in total. The molecule has 1 amide bonds. The molecule has 3 aromatic rings. The molecule has 1 aliphatic carbocycles. The van der Waals surface area contributed by atoms with Crippen LogP contribution >= 0.6 is 11.6 Å². The van der Waals surface area contributed by atoms with E-state index in [2.05, 4.69) is 17.2 Å². The van der Waals surface area contributed by atoms with Crippen LogP contribution in [0.3, 0.4) is 0 Å². The van der Waals surface area contributed by atoms with E-state index >= 15 is 0 Å². The highest BCUT2D eigenvalue weighted by atomic mass is 35.5. The number of aryl methyl sites for hydroxylation is 2. The Labute approximate surface area is 226 Å². The van der Waals surface area contributed by atoms with Gasteiger partial charge in [0.15, 0.2) is 5.82 Å². The third-order valence-corrected chi connectivity index (χ3v) is 8.14. The molecule has 2 fully saturated rings. The Kier molecular flexibility index (Phi) is 7.59. The van der Waals surface area contributed by atoms with Crippen LogP contribution in [0.5, 0.6) is 0 Å². The molecule has 1 saturated carbocycles. The number of anilines is 1. The van der Waals surface area contributed by atoms with E-state index in [1.807, 2.05) is 26.0 Å². The van der Waals surface area contributed by atoms with Gasteiger partial charge in [0.2, 0.25) is 5.91 Å². The number of aromatic carboxylic acids is 1. The Hall–Kier alpha value is -3.17. The van der Waals surface area contributed by atoms with Gasteiger partial charge in [0.25, 0.3) is 0 Å². The van der Waals surface area contributed by atoms with Crippen LogP contribution in [0, 0.1) is 25.7 Å². The molecule has 202 valence electrons. The molecule has 0 unspecified atom stereocenters. The third-order valence-electron chi connectivity index (χ3n) is 7.83. The predicted octanol–water partition coefficient (Wildman–Crippen LogP) is 5.83. The van der Waals surface area contributed by atoms with Crippen molar-refractivity contribution in [3.8, 4) is 16.8 Å². The quantitative estimate of drug-likeness (QED) is 0.418. The van der Waals surface area contributed by atoms with Gasteiger partial charge in [-0.25, -0.2) is 9.48 Å². The van der Waals surface area contributed by atoms with Gasteiger partial charge in [0.05, 0.1) is 16.4 Å². The van der Waals surface area contributed by atoms with Crippen molar-refractivity contribution in [3.63, 3.8) is 0 Å². The zero-order valence-electron chi connectivity index (χ0n) is 21.9. The second-order valence-electron chi connectivity index (χ2n) is 10.5. The average Bonchev–Trinajstić information content (AvgIpc) is 3.49. The van der Waals surface area contributed by atoms with Crippen molar-refractivity contribution in [2.45, 2.75) is 65.3 Å². The van der Waals surface area contributed by atoms with Gasteiger partial charge in [0, 0.05) is 42.5 Å². The lowest BCUT2D eigenvalue weighted by Crippen LogP contribution is -2.47. The molecule has 0 bridgehead atoms. The second kappa shape index (κ2) is 10.9. The molecule has 38 heavy (non-hydrogen) atoms. The largest absolute Gasteiger partial charge is 0.477 e. The first-order valence-electron chi connectivity index (χ1n) is 13.2. The third kappa shape index (κ3) is 5.09. The SMILES string of the molecule is Cc1noc(C)c1-c1ccc(-n2cc(C(=O)O)c(N(C(=O)[C@H]3CC[C@H](C)CC3)C3CCOCC3)n2)cc1Cl. The minimum atomic E-state index is -1.13. The van der Waals surface area contributed by atoms with Crippen molar-refractivity contribution in [1.29, 1.82) is 0 Å². The number of amides is 1. The molecule has 5 rings (SSSR count). The Bertz CT molecular complexity index is 1320. The van der Waals surface area contributed by atoms with Crippen molar-refractivity contribution in [1.82, 2.24) is 14.9 Å². The monoisotopic (exact) mass is 540 g/mol. The van der Waals surface area contributed by atoms with E-state index in [1.54, 1.807) is 11.0 Å². The molecule has 0 spiro atoms. The Morgan fingerprint density at radius 3 is 2.42 bits per heavy atom. The number of carbonyl (C=O) groups is 2. The molecular formula is C28H33ClN4O5. The Balaban J connectivity index is 1.54. The second-order valence-corrected chi connectivity index (χ2v) is 10.9. The lowest BCUT2D eigenvalue weighted by molar-refractivity contribution is -0.124. The lowest BCUT2D eigenvalue weighted by Gasteiger charge is -2.37. The summed E-state index contributed by atoms with van der Waals surface area (Å²) < 4.78 is 12.3. The summed E-state index contributed by atoms with van der Waals surface area (Å²) in [5.41, 5.74) is 2.90. The summed E-state index contributed by atoms with van der Waals surface area (Å²) >= 11 is 6.67. The summed E-state index contributed by atoms with van der Waals surface area (Å²) in [5, 5.41) is 19.3. The number of hydrogen-bond acceptors (Lipinski definition) is 6. The summed E-state index contributed by atoms with van der Waals surface area (Å²) in [6.07, 6.45) is 6.34. The van der Waals surface area contributed by atoms with Crippen LogP contribution in [0.25, 0.3) is 16.8 Å². The topological polar surface area (TPSA) is 111 Å². The minimum absolute atomic E-state index is 0.0139. The van der Waals surface area contributed by atoms with Crippen LogP contribution in [-0.2, 0) is 9.53 Å². The van der Waals surface area contributed by atoms with Crippen LogP contribution < -0.4 is 4.90 Å². The highest BCUT2D eigenvalue weighted by molar-refractivity contribution is 6.33. The zero-order chi connectivity index (χ0) is 27.0. The summed E-state index contributed by atoms with van der Waals surface area (Å²) in [7, 11) is 0. The lowest BCUT2D eigenvalue weighted by atomic mass is 9.82. The first-order valence-corrected chi connectivity index (χ1v) is 13.6. The molecule has 1 saturated heterocycles. The van der Waals surface area contributed by atoms with Gasteiger partial charge in [-0.2, -0.15) is 0 Å². The highest BCUT2D eigenvalue weighted by Crippen LogP contribution is 2.36. The smallest absolute Gasteiger partial charge is 0.341 e. The average molecular weight is 541 g/mol. The van der Waals surface area contributed by atoms with Crippen LogP contribution in [-0.4, -0.2) is 51.2 Å². The van der Waals surface area contributed by atoms with E-state index in [4.69, 9.17) is 20.9 Å². The summed E-state index contributed by atoms with van der Waals surface area (Å²) in [5.74, 6) is 0.135. The van der Waals surface area contributed by atoms with Crippen LogP contribution in [0.4, 0.5) is 5.82 Å². The number of carboxylic acids is 1. The maximum absolute atomic E-state index is 13.9. The number of benzene rings is 1. The van der Waals surface area contributed by atoms with E-state index in [0.717, 1.165) is 42.5 Å². The van der Waals surface area contributed by atoms with E-state index in [-0.39, 0.29) is 29.2 Å². The fraction of sp³-hybridized carbons (Fsp3) is 0.500. The Morgan fingerprint density at radius 1 is 1.11 bits per heavy atom. The van der Waals surface area contributed by atoms with Crippen LogP contribution in [0.2, 0.25) is 5.02 Å². The van der Waals surface area contributed by atoms with Crippen molar-refractivity contribution < 1.29 is 24.0 Å². The van der Waals surface area contributed by atoms with Gasteiger partial charge in [0.1, 0.15) is 11.3 Å². The molecule has 0 radical (unpaired) electrons. The molecule has 1 aromatic carbocycles. The summed E-state index contributed by atoms with van der Waals surface area (Å²) in [6.45, 7) is 6.94. The fourth-order valence-electron chi connectivity index (χ4n) is 5.65. The molecule has 3 heterocycles. The zero-order valence-corrected chi connectivity index (χ0v) is 22.7. The van der Waals surface area contributed by atoms with Crippen LogP contribution in [0.1, 0.15) is 67.3 Å². The van der Waals surface area contributed by atoms with Gasteiger partial charge in [-0.05, 0) is 70.4 Å². The Morgan fingerprint density at radius 2 is 1.82 bits per heavy atom. The molecule has 2 aromatic heterocycles. The number of hydrogen-bond donors (Lipinski definition) is 1. The normalized spacial score (nSPS) is 20.4. The van der Waals surface area contributed by atoms with Crippen molar-refractivity contribution in [2.75, 3.05) is 18.1 Å². The number of ether oxygens (including phenoxy) is 1. The van der Waals surface area contributed by atoms with Gasteiger partial charge < -0.3 is 14.4 Å².